The summed E-state index contributed by atoms with van der Waals surface area (Å²) in [6.45, 7) is 11.7. The number of hydrogen-bond donors (Lipinski definition) is 1. The zero-order valence-electron chi connectivity index (χ0n) is 18.2. The lowest BCUT2D eigenvalue weighted by atomic mass is 10.0. The molecule has 0 bridgehead atoms. The number of aryl methyl sites for hydroxylation is 2. The first-order chi connectivity index (χ1) is 13.5. The van der Waals surface area contributed by atoms with Crippen molar-refractivity contribution in [2.75, 3.05) is 0 Å². The van der Waals surface area contributed by atoms with Gasteiger partial charge in [-0.05, 0) is 75.9 Å². The third-order valence-electron chi connectivity index (χ3n) is 4.86. The fourth-order valence-corrected chi connectivity index (χ4v) is 3.03. The van der Waals surface area contributed by atoms with Crippen LogP contribution in [0.5, 0.6) is 0 Å². The van der Waals surface area contributed by atoms with E-state index in [0.717, 1.165) is 16.7 Å². The van der Waals surface area contributed by atoms with E-state index in [9.17, 15) is 14.0 Å². The molecule has 1 unspecified atom stereocenters. The van der Waals surface area contributed by atoms with Crippen molar-refractivity contribution < 1.29 is 14.0 Å². The Bertz CT molecular complexity index is 869. The molecule has 2 aromatic rings. The van der Waals surface area contributed by atoms with Crippen LogP contribution in [0.4, 0.5) is 4.39 Å². The quantitative estimate of drug-likeness (QED) is 0.788. The minimum atomic E-state index is -0.654. The largest absolute Gasteiger partial charge is 0.350 e. The lowest BCUT2D eigenvalue weighted by Gasteiger charge is -2.31. The summed E-state index contributed by atoms with van der Waals surface area (Å²) < 4.78 is 13.3. The summed E-state index contributed by atoms with van der Waals surface area (Å²) in [6, 6.07) is 11.3. The van der Waals surface area contributed by atoms with Gasteiger partial charge in [-0.15, -0.1) is 0 Å². The molecule has 0 aromatic heterocycles. The van der Waals surface area contributed by atoms with Crippen molar-refractivity contribution in [1.29, 1.82) is 0 Å². The van der Waals surface area contributed by atoms with Crippen LogP contribution < -0.4 is 5.32 Å². The van der Waals surface area contributed by atoms with Crippen molar-refractivity contribution in [3.63, 3.8) is 0 Å². The summed E-state index contributed by atoms with van der Waals surface area (Å²) >= 11 is 0. The Balaban J connectivity index is 2.26. The monoisotopic (exact) mass is 398 g/mol. The van der Waals surface area contributed by atoms with Crippen LogP contribution in [0.2, 0.25) is 0 Å². The maximum atomic E-state index is 13.3. The molecule has 0 aliphatic rings. The lowest BCUT2D eigenvalue weighted by Crippen LogP contribution is -2.52. The average molecular weight is 399 g/mol. The van der Waals surface area contributed by atoms with Gasteiger partial charge >= 0.3 is 0 Å². The van der Waals surface area contributed by atoms with Crippen LogP contribution in [0, 0.1) is 19.7 Å². The maximum absolute atomic E-state index is 13.3. The Morgan fingerprint density at radius 3 is 2.14 bits per heavy atom. The highest BCUT2D eigenvalue weighted by atomic mass is 19.1. The molecule has 0 saturated carbocycles. The molecule has 0 aliphatic carbocycles. The normalized spacial score (nSPS) is 12.4. The summed E-state index contributed by atoms with van der Waals surface area (Å²) in [5, 5.41) is 2.94. The van der Waals surface area contributed by atoms with Crippen LogP contribution in [0.25, 0.3) is 0 Å². The fraction of sp³-hybridized carbons (Fsp3) is 0.417. The number of rotatable bonds is 6. The molecule has 0 aliphatic heterocycles. The molecule has 1 N–H and O–H groups in total. The summed E-state index contributed by atoms with van der Waals surface area (Å²) in [7, 11) is 0. The van der Waals surface area contributed by atoms with Crippen LogP contribution >= 0.6 is 0 Å². The van der Waals surface area contributed by atoms with Gasteiger partial charge in [0.1, 0.15) is 11.9 Å². The number of amides is 2. The number of hydrogen-bond acceptors (Lipinski definition) is 2. The van der Waals surface area contributed by atoms with E-state index in [1.807, 2.05) is 52.8 Å². The summed E-state index contributed by atoms with van der Waals surface area (Å²) in [5.41, 5.74) is 3.58. The molecule has 29 heavy (non-hydrogen) atoms. The van der Waals surface area contributed by atoms with Crippen molar-refractivity contribution in [3.8, 4) is 0 Å². The predicted octanol–water partition coefficient (Wildman–Crippen LogP) is 4.32. The Morgan fingerprint density at radius 1 is 1.00 bits per heavy atom. The Morgan fingerprint density at radius 2 is 1.59 bits per heavy atom. The van der Waals surface area contributed by atoms with E-state index in [4.69, 9.17) is 0 Å². The van der Waals surface area contributed by atoms with E-state index in [1.54, 1.807) is 24.0 Å². The lowest BCUT2D eigenvalue weighted by molar-refractivity contribution is -0.140. The number of benzene rings is 2. The molecule has 1 atom stereocenters. The molecular formula is C24H31FN2O2. The molecule has 156 valence electrons. The van der Waals surface area contributed by atoms with Gasteiger partial charge in [0.2, 0.25) is 11.8 Å². The first kappa shape index (κ1) is 22.6. The van der Waals surface area contributed by atoms with Gasteiger partial charge in [-0.2, -0.15) is 0 Å². The Labute approximate surface area is 173 Å². The van der Waals surface area contributed by atoms with Gasteiger partial charge in [-0.3, -0.25) is 9.59 Å². The minimum absolute atomic E-state index is 0.144. The minimum Gasteiger partial charge on any atom is -0.350 e. The van der Waals surface area contributed by atoms with Crippen molar-refractivity contribution in [2.45, 2.75) is 66.1 Å². The van der Waals surface area contributed by atoms with Crippen LogP contribution in [-0.2, 0) is 22.6 Å². The van der Waals surface area contributed by atoms with Crippen molar-refractivity contribution in [1.82, 2.24) is 10.2 Å². The average Bonchev–Trinajstić information content (AvgIpc) is 2.62. The SMILES string of the molecule is Cc1ccc(CC(=O)N(Cc2ccc(F)cc2)C(C)C(=O)NC(C)(C)C)cc1C. The molecule has 5 heteroatoms. The highest BCUT2D eigenvalue weighted by Gasteiger charge is 2.28. The summed E-state index contributed by atoms with van der Waals surface area (Å²) in [4.78, 5) is 27.5. The third kappa shape index (κ3) is 6.70. The van der Waals surface area contributed by atoms with Crippen LogP contribution in [0.1, 0.15) is 49.9 Å². The Hall–Kier alpha value is -2.69. The second-order valence-corrected chi connectivity index (χ2v) is 8.66. The topological polar surface area (TPSA) is 49.4 Å². The van der Waals surface area contributed by atoms with Gasteiger partial charge < -0.3 is 10.2 Å². The second kappa shape index (κ2) is 9.21. The number of nitrogens with zero attached hydrogens (tertiary/aromatic N) is 1. The van der Waals surface area contributed by atoms with E-state index in [-0.39, 0.29) is 30.6 Å². The van der Waals surface area contributed by atoms with Gasteiger partial charge in [0, 0.05) is 12.1 Å². The summed E-state index contributed by atoms with van der Waals surface area (Å²) in [6.07, 6.45) is 0.204. The molecular weight excluding hydrogens is 367 g/mol. The van der Waals surface area contributed by atoms with Gasteiger partial charge in [-0.25, -0.2) is 4.39 Å². The number of carbonyl (C=O) groups is 2. The Kier molecular flexibility index (Phi) is 7.17. The van der Waals surface area contributed by atoms with Crippen LogP contribution in [-0.4, -0.2) is 28.3 Å². The van der Waals surface area contributed by atoms with E-state index in [0.29, 0.717) is 0 Å². The summed E-state index contributed by atoms with van der Waals surface area (Å²) in [5.74, 6) is -0.692. The van der Waals surface area contributed by atoms with Gasteiger partial charge in [-0.1, -0.05) is 30.3 Å². The highest BCUT2D eigenvalue weighted by Crippen LogP contribution is 2.16. The first-order valence-corrected chi connectivity index (χ1v) is 9.88. The van der Waals surface area contributed by atoms with E-state index in [2.05, 4.69) is 5.32 Å². The molecule has 0 radical (unpaired) electrons. The molecule has 4 nitrogen and oxygen atoms in total. The van der Waals surface area contributed by atoms with Crippen molar-refractivity contribution >= 4 is 11.8 Å². The smallest absolute Gasteiger partial charge is 0.242 e. The number of halogens is 1. The van der Waals surface area contributed by atoms with Crippen LogP contribution in [0.15, 0.2) is 42.5 Å². The zero-order chi connectivity index (χ0) is 21.8. The number of carbonyl (C=O) groups excluding carboxylic acids is 2. The van der Waals surface area contributed by atoms with E-state index in [1.165, 1.54) is 17.7 Å². The second-order valence-electron chi connectivity index (χ2n) is 8.66. The van der Waals surface area contributed by atoms with E-state index >= 15 is 0 Å². The molecule has 0 saturated heterocycles. The third-order valence-corrected chi connectivity index (χ3v) is 4.86. The maximum Gasteiger partial charge on any atom is 0.242 e. The predicted molar refractivity (Wildman–Crippen MR) is 114 cm³/mol. The molecule has 0 fully saturated rings. The zero-order valence-corrected chi connectivity index (χ0v) is 18.2. The molecule has 2 rings (SSSR count). The van der Waals surface area contributed by atoms with Gasteiger partial charge in [0.25, 0.3) is 0 Å². The highest BCUT2D eigenvalue weighted by molar-refractivity contribution is 5.88. The fourth-order valence-electron chi connectivity index (χ4n) is 3.03. The molecule has 0 heterocycles. The van der Waals surface area contributed by atoms with Gasteiger partial charge in [0.15, 0.2) is 0 Å². The van der Waals surface area contributed by atoms with Crippen molar-refractivity contribution in [2.24, 2.45) is 0 Å². The van der Waals surface area contributed by atoms with Crippen molar-refractivity contribution in [3.05, 3.63) is 70.5 Å². The first-order valence-electron chi connectivity index (χ1n) is 9.88. The molecule has 0 spiro atoms. The van der Waals surface area contributed by atoms with Gasteiger partial charge in [0.05, 0.1) is 6.42 Å². The standard InChI is InChI=1S/C24H31FN2O2/c1-16-7-8-20(13-17(16)2)14-22(28)27(15-19-9-11-21(25)12-10-19)18(3)23(29)26-24(4,5)6/h7-13,18H,14-15H2,1-6H3,(H,26,29). The molecule has 2 aromatic carbocycles. The molecule has 2 amide bonds. The van der Waals surface area contributed by atoms with E-state index < -0.39 is 11.6 Å². The van der Waals surface area contributed by atoms with Crippen LogP contribution in [0.3, 0.4) is 0 Å². The number of nitrogens with one attached hydrogen (secondary N) is 1.